The topological polar surface area (TPSA) is 27.3 Å². The number of nitrogens with zero attached hydrogens (tertiary/aromatic N) is 1. The van der Waals surface area contributed by atoms with E-state index in [1.54, 1.807) is 0 Å². The molecule has 3 nitrogen and oxygen atoms in total. The highest BCUT2D eigenvalue weighted by molar-refractivity contribution is 5.18. The van der Waals surface area contributed by atoms with Crippen LogP contribution in [0.4, 0.5) is 8.78 Å². The molecular weight excluding hydrogens is 248 g/mol. The van der Waals surface area contributed by atoms with Gasteiger partial charge in [-0.05, 0) is 26.1 Å². The molecule has 0 bridgehead atoms. The van der Waals surface area contributed by atoms with Crippen molar-refractivity contribution in [1.29, 1.82) is 0 Å². The molecule has 19 heavy (non-hydrogen) atoms. The van der Waals surface area contributed by atoms with Gasteiger partial charge in [0.25, 0.3) is 0 Å². The monoisotopic (exact) mass is 269 g/mol. The van der Waals surface area contributed by atoms with Crippen molar-refractivity contribution in [3.05, 3.63) is 35.4 Å². The maximum Gasteiger partial charge on any atom is 0.130 e. The Hall–Kier alpha value is -1.04. The molecule has 2 rings (SSSR count). The van der Waals surface area contributed by atoms with E-state index in [9.17, 15) is 8.78 Å². The zero-order valence-corrected chi connectivity index (χ0v) is 11.3. The zero-order chi connectivity index (χ0) is 13.7. The highest BCUT2D eigenvalue weighted by Crippen LogP contribution is 2.09. The van der Waals surface area contributed by atoms with Gasteiger partial charge in [0.1, 0.15) is 11.6 Å². The molecule has 0 spiro atoms. The van der Waals surface area contributed by atoms with Crippen LogP contribution in [0.25, 0.3) is 0 Å². The summed E-state index contributed by atoms with van der Waals surface area (Å²) < 4.78 is 26.1. The van der Waals surface area contributed by atoms with Crippen molar-refractivity contribution in [2.24, 2.45) is 0 Å². The predicted molar refractivity (Wildman–Crippen MR) is 72.0 cm³/mol. The summed E-state index contributed by atoms with van der Waals surface area (Å²) in [6.45, 7) is 4.42. The van der Waals surface area contributed by atoms with E-state index in [4.69, 9.17) is 0 Å². The van der Waals surface area contributed by atoms with E-state index < -0.39 is 11.6 Å². The second-order valence-electron chi connectivity index (χ2n) is 5.11. The highest BCUT2D eigenvalue weighted by atomic mass is 19.1. The first-order valence-corrected chi connectivity index (χ1v) is 6.72. The molecule has 1 aliphatic rings. The van der Waals surface area contributed by atoms with Crippen LogP contribution in [0, 0.1) is 11.6 Å². The smallest absolute Gasteiger partial charge is 0.130 e. The maximum absolute atomic E-state index is 13.4. The van der Waals surface area contributed by atoms with Gasteiger partial charge in [0.15, 0.2) is 0 Å². The molecule has 106 valence electrons. The second kappa shape index (κ2) is 6.93. The number of rotatable bonds is 5. The van der Waals surface area contributed by atoms with Crippen molar-refractivity contribution in [3.8, 4) is 0 Å². The third-order valence-electron chi connectivity index (χ3n) is 3.46. The van der Waals surface area contributed by atoms with Crippen LogP contribution < -0.4 is 10.6 Å². The van der Waals surface area contributed by atoms with Crippen molar-refractivity contribution in [2.45, 2.75) is 19.0 Å². The molecule has 0 amide bonds. The number of likely N-dealkylation sites (N-methyl/N-ethyl adjacent to an activating group) is 1. The molecule has 1 heterocycles. The highest BCUT2D eigenvalue weighted by Gasteiger charge is 2.15. The second-order valence-corrected chi connectivity index (χ2v) is 5.11. The Balaban J connectivity index is 1.69. The van der Waals surface area contributed by atoms with Gasteiger partial charge in [-0.25, -0.2) is 8.78 Å². The number of nitrogens with one attached hydrogen (secondary N) is 2. The largest absolute Gasteiger partial charge is 0.313 e. The van der Waals surface area contributed by atoms with Crippen molar-refractivity contribution in [2.75, 3.05) is 33.2 Å². The van der Waals surface area contributed by atoms with E-state index in [1.165, 1.54) is 12.1 Å². The van der Waals surface area contributed by atoms with Gasteiger partial charge < -0.3 is 15.5 Å². The minimum Gasteiger partial charge on any atom is -0.313 e. The molecule has 2 N–H and O–H groups in total. The van der Waals surface area contributed by atoms with Gasteiger partial charge in [0.05, 0.1) is 0 Å². The molecule has 1 saturated heterocycles. The third-order valence-corrected chi connectivity index (χ3v) is 3.46. The molecule has 5 heteroatoms. The number of benzene rings is 1. The first-order chi connectivity index (χ1) is 9.15. The predicted octanol–water partition coefficient (Wildman–Crippen LogP) is 1.35. The summed E-state index contributed by atoms with van der Waals surface area (Å²) in [5, 5.41) is 6.66. The zero-order valence-electron chi connectivity index (χ0n) is 11.3. The van der Waals surface area contributed by atoms with Crippen LogP contribution in [-0.4, -0.2) is 44.2 Å². The van der Waals surface area contributed by atoms with Crippen LogP contribution in [0.5, 0.6) is 0 Å². The fourth-order valence-corrected chi connectivity index (χ4v) is 2.35. The number of hydrogen-bond donors (Lipinski definition) is 2. The van der Waals surface area contributed by atoms with E-state index >= 15 is 0 Å². The average molecular weight is 269 g/mol. The molecule has 0 aliphatic carbocycles. The lowest BCUT2D eigenvalue weighted by Crippen LogP contribution is -2.49. The van der Waals surface area contributed by atoms with Gasteiger partial charge >= 0.3 is 0 Å². The summed E-state index contributed by atoms with van der Waals surface area (Å²) in [6, 6.07) is 4.20. The van der Waals surface area contributed by atoms with Crippen LogP contribution in [0.1, 0.15) is 12.0 Å². The molecule has 1 atom stereocenters. The van der Waals surface area contributed by atoms with E-state index in [0.717, 1.165) is 38.7 Å². The molecule has 0 radical (unpaired) electrons. The quantitative estimate of drug-likeness (QED) is 0.790. The Bertz CT molecular complexity index is 412. The number of piperazine rings is 1. The van der Waals surface area contributed by atoms with Crippen LogP contribution >= 0.6 is 0 Å². The number of halogens is 2. The summed E-state index contributed by atoms with van der Waals surface area (Å²) in [5.74, 6) is -1.02. The average Bonchev–Trinajstić information content (AvgIpc) is 2.37. The lowest BCUT2D eigenvalue weighted by atomic mass is 10.1. The van der Waals surface area contributed by atoms with E-state index in [2.05, 4.69) is 22.6 Å². The summed E-state index contributed by atoms with van der Waals surface area (Å²) in [5.41, 5.74) is 0.509. The van der Waals surface area contributed by atoms with E-state index in [1.807, 2.05) is 0 Å². The summed E-state index contributed by atoms with van der Waals surface area (Å²) >= 11 is 0. The standard InChI is InChI=1S/C14H21F2N3/c1-19-7-6-18-13(10-19)4-5-17-9-11-2-3-12(15)8-14(11)16/h2-3,8,13,17-18H,4-7,9-10H2,1H3. The van der Waals surface area contributed by atoms with E-state index in [-0.39, 0.29) is 0 Å². The molecule has 1 fully saturated rings. The first kappa shape index (κ1) is 14.4. The Labute approximate surface area is 113 Å². The van der Waals surface area contributed by atoms with Crippen molar-refractivity contribution in [1.82, 2.24) is 15.5 Å². The molecule has 1 aliphatic heterocycles. The minimum absolute atomic E-state index is 0.439. The Morgan fingerprint density at radius 1 is 1.42 bits per heavy atom. The molecule has 0 aromatic heterocycles. The lowest BCUT2D eigenvalue weighted by Gasteiger charge is -2.30. The lowest BCUT2D eigenvalue weighted by molar-refractivity contribution is 0.231. The van der Waals surface area contributed by atoms with Gasteiger partial charge in [-0.2, -0.15) is 0 Å². The van der Waals surface area contributed by atoms with Crippen molar-refractivity contribution >= 4 is 0 Å². The third kappa shape index (κ3) is 4.53. The molecule has 1 aromatic carbocycles. The van der Waals surface area contributed by atoms with Gasteiger partial charge in [-0.15, -0.1) is 0 Å². The molecular formula is C14H21F2N3. The summed E-state index contributed by atoms with van der Waals surface area (Å²) in [4.78, 5) is 2.31. The Morgan fingerprint density at radius 2 is 2.26 bits per heavy atom. The summed E-state index contributed by atoms with van der Waals surface area (Å²) in [7, 11) is 2.12. The Kier molecular flexibility index (Phi) is 5.24. The number of hydrogen-bond acceptors (Lipinski definition) is 3. The molecule has 1 unspecified atom stereocenters. The van der Waals surface area contributed by atoms with Crippen molar-refractivity contribution < 1.29 is 8.78 Å². The van der Waals surface area contributed by atoms with Gasteiger partial charge in [-0.1, -0.05) is 6.07 Å². The van der Waals surface area contributed by atoms with Crippen LogP contribution in [0.15, 0.2) is 18.2 Å². The van der Waals surface area contributed by atoms with Crippen molar-refractivity contribution in [3.63, 3.8) is 0 Å². The van der Waals surface area contributed by atoms with Crippen LogP contribution in [-0.2, 0) is 6.54 Å². The summed E-state index contributed by atoms with van der Waals surface area (Å²) in [6.07, 6.45) is 1.01. The fourth-order valence-electron chi connectivity index (χ4n) is 2.35. The normalized spacial score (nSPS) is 20.7. The fraction of sp³-hybridized carbons (Fsp3) is 0.571. The molecule has 0 saturated carbocycles. The van der Waals surface area contributed by atoms with E-state index in [0.29, 0.717) is 18.2 Å². The minimum atomic E-state index is -0.532. The Morgan fingerprint density at radius 3 is 3.00 bits per heavy atom. The molecule has 1 aromatic rings. The first-order valence-electron chi connectivity index (χ1n) is 6.72. The van der Waals surface area contributed by atoms with Crippen LogP contribution in [0.2, 0.25) is 0 Å². The SMILES string of the molecule is CN1CCNC(CCNCc2ccc(F)cc2F)C1. The van der Waals surface area contributed by atoms with Gasteiger partial charge in [0.2, 0.25) is 0 Å². The van der Waals surface area contributed by atoms with Gasteiger partial charge in [-0.3, -0.25) is 0 Å². The van der Waals surface area contributed by atoms with Gasteiger partial charge in [0, 0.05) is 43.9 Å². The maximum atomic E-state index is 13.4. The van der Waals surface area contributed by atoms with Crippen LogP contribution in [0.3, 0.4) is 0 Å².